The van der Waals surface area contributed by atoms with E-state index in [0.717, 1.165) is 22.5 Å². The first-order valence-corrected chi connectivity index (χ1v) is 13.5. The van der Waals surface area contributed by atoms with Crippen LogP contribution in [-0.4, -0.2) is 75.1 Å². The van der Waals surface area contributed by atoms with Crippen molar-refractivity contribution >= 4 is 46.7 Å². The minimum Gasteiger partial charge on any atom is -0.483 e. The molecule has 0 spiro atoms. The Balaban J connectivity index is 1.27. The Labute approximate surface area is 237 Å². The van der Waals surface area contributed by atoms with Crippen LogP contribution in [0.15, 0.2) is 42.9 Å². The number of carbonyl (C=O) groups is 2. The summed E-state index contributed by atoms with van der Waals surface area (Å²) in [6.45, 7) is 7.09. The highest BCUT2D eigenvalue weighted by atomic mass is 35.5. The summed E-state index contributed by atoms with van der Waals surface area (Å²) in [4.78, 5) is 41.7. The minimum absolute atomic E-state index is 0.103. The van der Waals surface area contributed by atoms with Gasteiger partial charge in [0.2, 0.25) is 5.95 Å². The molecule has 0 saturated carbocycles. The molecule has 6 bridgehead atoms. The molecule has 2 aromatic heterocycles. The van der Waals surface area contributed by atoms with Gasteiger partial charge in [0.1, 0.15) is 16.4 Å². The zero-order valence-electron chi connectivity index (χ0n) is 22.7. The summed E-state index contributed by atoms with van der Waals surface area (Å²) in [5, 5.41) is 6.81. The number of nitrogens with zero attached hydrogens (tertiary/aromatic N) is 5. The molecule has 12 heteroatoms. The lowest BCUT2D eigenvalue weighted by Crippen LogP contribution is -2.52. The molecule has 1 fully saturated rings. The van der Waals surface area contributed by atoms with Crippen LogP contribution in [0.2, 0.25) is 5.02 Å². The maximum atomic E-state index is 13.0. The number of carbonyl (C=O) groups excluding carboxylic acids is 2. The molecule has 1 saturated heterocycles. The Kier molecular flexibility index (Phi) is 7.92. The van der Waals surface area contributed by atoms with Gasteiger partial charge in [-0.05, 0) is 69.0 Å². The van der Waals surface area contributed by atoms with E-state index in [0.29, 0.717) is 61.6 Å². The number of rotatable bonds is 3. The van der Waals surface area contributed by atoms with E-state index in [9.17, 15) is 9.59 Å². The van der Waals surface area contributed by atoms with Crippen molar-refractivity contribution in [3.8, 4) is 5.75 Å². The van der Waals surface area contributed by atoms with Crippen molar-refractivity contribution in [2.75, 3.05) is 43.4 Å². The van der Waals surface area contributed by atoms with Crippen molar-refractivity contribution in [1.82, 2.24) is 24.8 Å². The van der Waals surface area contributed by atoms with E-state index < -0.39 is 5.60 Å². The van der Waals surface area contributed by atoms with Crippen molar-refractivity contribution in [2.24, 2.45) is 0 Å². The molecule has 2 N–H and O–H groups in total. The van der Waals surface area contributed by atoms with Crippen LogP contribution in [0.4, 0.5) is 27.9 Å². The molecular weight excluding hydrogens is 534 g/mol. The number of pyridine rings is 1. The molecule has 5 rings (SSSR count). The minimum atomic E-state index is -0.558. The fourth-order valence-corrected chi connectivity index (χ4v) is 4.58. The Bertz CT molecular complexity index is 1400. The van der Waals surface area contributed by atoms with Gasteiger partial charge in [0.15, 0.2) is 12.4 Å². The maximum Gasteiger partial charge on any atom is 0.410 e. The van der Waals surface area contributed by atoms with E-state index in [-0.39, 0.29) is 18.6 Å². The van der Waals surface area contributed by atoms with Gasteiger partial charge < -0.3 is 29.9 Å². The number of piperazine rings is 1. The second kappa shape index (κ2) is 11.5. The van der Waals surface area contributed by atoms with Gasteiger partial charge in [-0.3, -0.25) is 9.78 Å². The number of hydrogen-bond acceptors (Lipinski definition) is 9. The van der Waals surface area contributed by atoms with Crippen molar-refractivity contribution in [1.29, 1.82) is 0 Å². The molecule has 2 amide bonds. The molecular formula is C28H32ClN7O4. The summed E-state index contributed by atoms with van der Waals surface area (Å²) in [5.74, 6) is 1.35. The van der Waals surface area contributed by atoms with Crippen LogP contribution in [0.1, 0.15) is 31.9 Å². The number of aryl methyl sites for hydroxylation is 2. The average Bonchev–Trinajstić information content (AvgIpc) is 2.92. The van der Waals surface area contributed by atoms with Gasteiger partial charge in [0.25, 0.3) is 5.91 Å². The molecule has 1 aromatic carbocycles. The van der Waals surface area contributed by atoms with Gasteiger partial charge in [0.05, 0.1) is 18.1 Å². The maximum absolute atomic E-state index is 13.0. The van der Waals surface area contributed by atoms with Gasteiger partial charge in [-0.2, -0.15) is 4.98 Å². The fraction of sp³-hybridized carbons (Fsp3) is 0.393. The molecule has 2 aliphatic rings. The Hall–Kier alpha value is -4.12. The quantitative estimate of drug-likeness (QED) is 0.470. The number of amides is 2. The number of anilines is 4. The lowest BCUT2D eigenvalue weighted by atomic mass is 10.0. The zero-order valence-corrected chi connectivity index (χ0v) is 23.5. The van der Waals surface area contributed by atoms with Crippen LogP contribution >= 0.6 is 11.6 Å². The highest BCUT2D eigenvalue weighted by Crippen LogP contribution is 2.30. The van der Waals surface area contributed by atoms with Crippen LogP contribution in [0.5, 0.6) is 5.75 Å². The van der Waals surface area contributed by atoms with Crippen LogP contribution in [0.3, 0.4) is 0 Å². The Morgan fingerprint density at radius 2 is 1.75 bits per heavy atom. The van der Waals surface area contributed by atoms with Crippen LogP contribution in [-0.2, 0) is 22.4 Å². The predicted octanol–water partition coefficient (Wildman–Crippen LogP) is 4.57. The van der Waals surface area contributed by atoms with Crippen molar-refractivity contribution < 1.29 is 19.1 Å². The molecule has 0 aliphatic carbocycles. The number of hydrogen-bond donors (Lipinski definition) is 2. The number of aromatic nitrogens is 3. The van der Waals surface area contributed by atoms with E-state index in [2.05, 4.69) is 25.6 Å². The van der Waals surface area contributed by atoms with Gasteiger partial charge in [-0.15, -0.1) is 0 Å². The van der Waals surface area contributed by atoms with Crippen molar-refractivity contribution in [3.63, 3.8) is 0 Å². The van der Waals surface area contributed by atoms with E-state index in [4.69, 9.17) is 21.1 Å². The van der Waals surface area contributed by atoms with Crippen LogP contribution < -0.4 is 15.4 Å². The standard InChI is InChI=1S/C28H32ClN7O4/c1-28(2,3)40-27(38)36-10-8-35(9-11-36)24(37)17-39-23-7-6-20-13-19(23)5-4-18-12-21(15-30-14-18)33-26-31-16-22(29)25(32-20)34-26/h6-7,12-16H,4-5,8-11,17H2,1-3H3,(H2,31,32,33,34). The lowest BCUT2D eigenvalue weighted by Gasteiger charge is -2.35. The zero-order chi connectivity index (χ0) is 28.3. The molecule has 11 nitrogen and oxygen atoms in total. The molecule has 0 radical (unpaired) electrons. The van der Waals surface area contributed by atoms with Crippen molar-refractivity contribution in [2.45, 2.75) is 39.2 Å². The number of nitrogens with one attached hydrogen (secondary N) is 2. The third kappa shape index (κ3) is 6.90. The van der Waals surface area contributed by atoms with Crippen LogP contribution in [0, 0.1) is 0 Å². The first-order chi connectivity index (χ1) is 19.1. The SMILES string of the molecule is CC(C)(C)OC(=O)N1CCN(C(=O)COc2ccc3cc2CCc2cncc(c2)Nc2ncc(Cl)c(n2)N3)CC1. The Morgan fingerprint density at radius 3 is 2.52 bits per heavy atom. The number of fused-ring (bicyclic) bond motifs is 6. The molecule has 40 heavy (non-hydrogen) atoms. The van der Waals surface area contributed by atoms with E-state index in [1.165, 1.54) is 6.20 Å². The lowest BCUT2D eigenvalue weighted by molar-refractivity contribution is -0.135. The normalized spacial score (nSPS) is 15.0. The first-order valence-electron chi connectivity index (χ1n) is 13.1. The van der Waals surface area contributed by atoms with Gasteiger partial charge >= 0.3 is 6.09 Å². The molecule has 0 atom stereocenters. The second-order valence-electron chi connectivity index (χ2n) is 10.7. The van der Waals surface area contributed by atoms with E-state index in [1.807, 2.05) is 51.2 Å². The number of halogens is 1. The van der Waals surface area contributed by atoms with Crippen molar-refractivity contribution in [3.05, 3.63) is 59.0 Å². The van der Waals surface area contributed by atoms with Gasteiger partial charge in [-0.25, -0.2) is 9.78 Å². The van der Waals surface area contributed by atoms with E-state index >= 15 is 0 Å². The summed E-state index contributed by atoms with van der Waals surface area (Å²) in [5.41, 5.74) is 2.95. The summed E-state index contributed by atoms with van der Waals surface area (Å²) < 4.78 is 11.5. The fourth-order valence-electron chi connectivity index (χ4n) is 4.44. The molecule has 0 unspecified atom stereocenters. The summed E-state index contributed by atoms with van der Waals surface area (Å²) in [6.07, 6.45) is 6.08. The summed E-state index contributed by atoms with van der Waals surface area (Å²) >= 11 is 6.35. The largest absolute Gasteiger partial charge is 0.483 e. The average molecular weight is 566 g/mol. The van der Waals surface area contributed by atoms with E-state index in [1.54, 1.807) is 16.0 Å². The Morgan fingerprint density at radius 1 is 0.975 bits per heavy atom. The molecule has 3 aromatic rings. The number of benzene rings is 1. The number of ether oxygens (including phenoxy) is 2. The topological polar surface area (TPSA) is 122 Å². The third-order valence-electron chi connectivity index (χ3n) is 6.44. The highest BCUT2D eigenvalue weighted by Gasteiger charge is 2.28. The summed E-state index contributed by atoms with van der Waals surface area (Å²) in [6, 6.07) is 7.67. The molecule has 2 aliphatic heterocycles. The van der Waals surface area contributed by atoms with Gasteiger partial charge in [-0.1, -0.05) is 11.6 Å². The van der Waals surface area contributed by atoms with Crippen LogP contribution in [0.25, 0.3) is 0 Å². The smallest absolute Gasteiger partial charge is 0.410 e. The molecule has 210 valence electrons. The first kappa shape index (κ1) is 27.4. The predicted molar refractivity (Wildman–Crippen MR) is 152 cm³/mol. The molecule has 4 heterocycles. The summed E-state index contributed by atoms with van der Waals surface area (Å²) in [7, 11) is 0. The van der Waals surface area contributed by atoms with Gasteiger partial charge in [0, 0.05) is 38.1 Å². The monoisotopic (exact) mass is 565 g/mol. The third-order valence-corrected chi connectivity index (χ3v) is 6.71. The second-order valence-corrected chi connectivity index (χ2v) is 11.1. The highest BCUT2D eigenvalue weighted by molar-refractivity contribution is 6.32.